The maximum absolute atomic E-state index is 10.8. The zero-order valence-corrected chi connectivity index (χ0v) is 9.62. The summed E-state index contributed by atoms with van der Waals surface area (Å²) < 4.78 is 0.993. The number of phenolic OH excluding ortho intramolecular Hbond substituents is 1. The van der Waals surface area contributed by atoms with Crippen molar-refractivity contribution < 1.29 is 15.0 Å². The average Bonchev–Trinajstić information content (AvgIpc) is 2.63. The molecule has 1 heterocycles. The molecule has 2 rings (SSSR count). The number of phenols is 1. The average molecular weight is 236 g/mol. The predicted molar refractivity (Wildman–Crippen MR) is 64.0 cm³/mol. The lowest BCUT2D eigenvalue weighted by atomic mass is 10.0. The molecule has 0 saturated heterocycles. The number of aromatic hydroxyl groups is 1. The second-order valence-electron chi connectivity index (χ2n) is 3.85. The molecule has 1 aromatic heterocycles. The van der Waals surface area contributed by atoms with Crippen molar-refractivity contribution in [2.24, 2.45) is 5.92 Å². The van der Waals surface area contributed by atoms with Crippen LogP contribution in [-0.4, -0.2) is 16.2 Å². The Morgan fingerprint density at radius 3 is 2.94 bits per heavy atom. The van der Waals surface area contributed by atoms with Crippen molar-refractivity contribution in [3.8, 4) is 5.75 Å². The van der Waals surface area contributed by atoms with Gasteiger partial charge >= 0.3 is 5.97 Å². The summed E-state index contributed by atoms with van der Waals surface area (Å²) in [6, 6.07) is 5.34. The van der Waals surface area contributed by atoms with E-state index in [0.717, 1.165) is 15.6 Å². The summed E-state index contributed by atoms with van der Waals surface area (Å²) in [7, 11) is 0. The molecule has 0 aliphatic rings. The summed E-state index contributed by atoms with van der Waals surface area (Å²) >= 11 is 1.53. The van der Waals surface area contributed by atoms with E-state index < -0.39 is 11.9 Å². The number of hydrogen-bond donors (Lipinski definition) is 2. The molecule has 1 atom stereocenters. The standard InChI is InChI=1S/C12H12O3S/c1-7(12(14)15)5-8-6-16-10-4-2-3-9(13)11(8)10/h2-4,6-7,13H,5H2,1H3,(H,14,15). The number of hydrogen-bond acceptors (Lipinski definition) is 3. The first-order valence-electron chi connectivity index (χ1n) is 5.00. The van der Waals surface area contributed by atoms with E-state index in [0.29, 0.717) is 6.42 Å². The van der Waals surface area contributed by atoms with E-state index >= 15 is 0 Å². The number of rotatable bonds is 3. The molecule has 4 heteroatoms. The number of benzene rings is 1. The fraction of sp³-hybridized carbons (Fsp3) is 0.250. The van der Waals surface area contributed by atoms with E-state index in [1.54, 1.807) is 19.1 Å². The summed E-state index contributed by atoms with van der Waals surface area (Å²) in [5.74, 6) is -1.02. The Labute approximate surface area is 97.0 Å². The second kappa shape index (κ2) is 4.14. The minimum atomic E-state index is -0.810. The molecule has 1 aromatic carbocycles. The molecule has 3 nitrogen and oxygen atoms in total. The van der Waals surface area contributed by atoms with Crippen LogP contribution in [0.2, 0.25) is 0 Å². The van der Waals surface area contributed by atoms with Crippen molar-refractivity contribution in [1.29, 1.82) is 0 Å². The van der Waals surface area contributed by atoms with E-state index in [9.17, 15) is 9.90 Å². The third kappa shape index (κ3) is 1.88. The van der Waals surface area contributed by atoms with Gasteiger partial charge in [0.1, 0.15) is 5.75 Å². The summed E-state index contributed by atoms with van der Waals surface area (Å²) in [4.78, 5) is 10.8. The van der Waals surface area contributed by atoms with Crippen LogP contribution in [0.15, 0.2) is 23.6 Å². The lowest BCUT2D eigenvalue weighted by molar-refractivity contribution is -0.141. The maximum atomic E-state index is 10.8. The van der Waals surface area contributed by atoms with Gasteiger partial charge in [0.25, 0.3) is 0 Å². The molecule has 0 spiro atoms. The highest BCUT2D eigenvalue weighted by Gasteiger charge is 2.15. The van der Waals surface area contributed by atoms with Crippen molar-refractivity contribution >= 4 is 27.4 Å². The number of thiophene rings is 1. The van der Waals surface area contributed by atoms with Crippen LogP contribution in [0.3, 0.4) is 0 Å². The minimum absolute atomic E-state index is 0.228. The van der Waals surface area contributed by atoms with Crippen LogP contribution in [0.5, 0.6) is 5.75 Å². The SMILES string of the molecule is CC(Cc1csc2cccc(O)c12)C(=O)O. The van der Waals surface area contributed by atoms with Crippen molar-refractivity contribution in [3.05, 3.63) is 29.1 Å². The topological polar surface area (TPSA) is 57.5 Å². The van der Waals surface area contributed by atoms with Gasteiger partial charge in [0, 0.05) is 10.1 Å². The molecule has 0 radical (unpaired) electrons. The van der Waals surface area contributed by atoms with E-state index in [1.165, 1.54) is 11.3 Å². The van der Waals surface area contributed by atoms with Gasteiger partial charge in [-0.2, -0.15) is 0 Å². The summed E-state index contributed by atoms with van der Waals surface area (Å²) in [6.07, 6.45) is 0.451. The van der Waals surface area contributed by atoms with Crippen LogP contribution in [0.1, 0.15) is 12.5 Å². The van der Waals surface area contributed by atoms with Crippen LogP contribution in [-0.2, 0) is 11.2 Å². The highest BCUT2D eigenvalue weighted by molar-refractivity contribution is 7.17. The molecule has 0 saturated carbocycles. The number of aliphatic carboxylic acids is 1. The van der Waals surface area contributed by atoms with Gasteiger partial charge in [-0.1, -0.05) is 13.0 Å². The first-order chi connectivity index (χ1) is 7.59. The zero-order valence-electron chi connectivity index (χ0n) is 8.80. The summed E-state index contributed by atoms with van der Waals surface area (Å²) in [6.45, 7) is 1.67. The van der Waals surface area contributed by atoms with Gasteiger partial charge in [-0.15, -0.1) is 11.3 Å². The lowest BCUT2D eigenvalue weighted by Crippen LogP contribution is -2.11. The highest BCUT2D eigenvalue weighted by Crippen LogP contribution is 2.34. The Hall–Kier alpha value is -1.55. The van der Waals surface area contributed by atoms with Gasteiger partial charge in [-0.25, -0.2) is 0 Å². The molecule has 0 bridgehead atoms. The number of carbonyl (C=O) groups is 1. The molecule has 84 valence electrons. The molecular formula is C12H12O3S. The van der Waals surface area contributed by atoms with Gasteiger partial charge in [0.05, 0.1) is 5.92 Å². The van der Waals surface area contributed by atoms with Gasteiger partial charge in [0.2, 0.25) is 0 Å². The fourth-order valence-corrected chi connectivity index (χ4v) is 2.70. The molecule has 2 aromatic rings. The molecule has 0 amide bonds. The predicted octanol–water partition coefficient (Wildman–Crippen LogP) is 2.87. The number of carboxylic acids is 1. The summed E-state index contributed by atoms with van der Waals surface area (Å²) in [5.41, 5.74) is 0.910. The normalized spacial score (nSPS) is 12.8. The van der Waals surface area contributed by atoms with E-state index in [-0.39, 0.29) is 5.75 Å². The first-order valence-corrected chi connectivity index (χ1v) is 5.88. The fourth-order valence-electron chi connectivity index (χ4n) is 1.70. The first kappa shape index (κ1) is 11.0. The smallest absolute Gasteiger partial charge is 0.306 e. The molecule has 2 N–H and O–H groups in total. The van der Waals surface area contributed by atoms with Gasteiger partial charge in [-0.3, -0.25) is 4.79 Å². The van der Waals surface area contributed by atoms with Gasteiger partial charge < -0.3 is 10.2 Å². The second-order valence-corrected chi connectivity index (χ2v) is 4.77. The van der Waals surface area contributed by atoms with Gasteiger partial charge in [-0.05, 0) is 29.5 Å². The Bertz CT molecular complexity index is 530. The van der Waals surface area contributed by atoms with E-state index in [4.69, 9.17) is 5.11 Å². The Balaban J connectivity index is 2.42. The van der Waals surface area contributed by atoms with Crippen LogP contribution in [0.25, 0.3) is 10.1 Å². The monoisotopic (exact) mass is 236 g/mol. The molecule has 1 unspecified atom stereocenters. The van der Waals surface area contributed by atoms with Crippen molar-refractivity contribution in [2.45, 2.75) is 13.3 Å². The van der Waals surface area contributed by atoms with E-state index in [2.05, 4.69) is 0 Å². The number of carboxylic acid groups (broad SMARTS) is 1. The largest absolute Gasteiger partial charge is 0.507 e. The third-order valence-electron chi connectivity index (χ3n) is 2.60. The molecular weight excluding hydrogens is 224 g/mol. The quantitative estimate of drug-likeness (QED) is 0.861. The van der Waals surface area contributed by atoms with Crippen LogP contribution in [0.4, 0.5) is 0 Å². The van der Waals surface area contributed by atoms with Crippen LogP contribution < -0.4 is 0 Å². The van der Waals surface area contributed by atoms with Gasteiger partial charge in [0.15, 0.2) is 0 Å². The van der Waals surface area contributed by atoms with Crippen molar-refractivity contribution in [2.75, 3.05) is 0 Å². The van der Waals surface area contributed by atoms with Crippen molar-refractivity contribution in [3.63, 3.8) is 0 Å². The molecule has 0 fully saturated rings. The Morgan fingerprint density at radius 2 is 2.25 bits per heavy atom. The van der Waals surface area contributed by atoms with Crippen LogP contribution in [0, 0.1) is 5.92 Å². The van der Waals surface area contributed by atoms with E-state index in [1.807, 2.05) is 11.4 Å². The Kier molecular flexibility index (Phi) is 2.83. The highest BCUT2D eigenvalue weighted by atomic mass is 32.1. The molecule has 0 aliphatic carbocycles. The third-order valence-corrected chi connectivity index (χ3v) is 3.60. The zero-order chi connectivity index (χ0) is 11.7. The minimum Gasteiger partial charge on any atom is -0.507 e. The molecule has 16 heavy (non-hydrogen) atoms. The summed E-state index contributed by atoms with van der Waals surface area (Å²) in [5, 5.41) is 21.3. The maximum Gasteiger partial charge on any atom is 0.306 e. The van der Waals surface area contributed by atoms with Crippen molar-refractivity contribution in [1.82, 2.24) is 0 Å². The molecule has 0 aliphatic heterocycles. The number of fused-ring (bicyclic) bond motifs is 1. The van der Waals surface area contributed by atoms with Crippen LogP contribution >= 0.6 is 11.3 Å². The Morgan fingerprint density at radius 1 is 1.50 bits per heavy atom. The lowest BCUT2D eigenvalue weighted by Gasteiger charge is -2.05.